The van der Waals surface area contributed by atoms with Crippen LogP contribution < -0.4 is 10.9 Å². The average molecular weight is 216 g/mol. The summed E-state index contributed by atoms with van der Waals surface area (Å²) in [6, 6.07) is 0. The third kappa shape index (κ3) is 3.39. The maximum absolute atomic E-state index is 9.76. The highest BCUT2D eigenvalue weighted by molar-refractivity contribution is 5.16. The molecule has 0 radical (unpaired) electrons. The van der Waals surface area contributed by atoms with Gasteiger partial charge in [-0.1, -0.05) is 20.8 Å². The first kappa shape index (κ1) is 14.3. The van der Waals surface area contributed by atoms with Gasteiger partial charge in [-0.25, -0.2) is 5.43 Å². The molecule has 0 saturated heterocycles. The van der Waals surface area contributed by atoms with Crippen LogP contribution in [0.2, 0.25) is 0 Å². The van der Waals surface area contributed by atoms with E-state index >= 15 is 0 Å². The van der Waals surface area contributed by atoms with Crippen molar-refractivity contribution in [2.75, 3.05) is 14.2 Å². The Morgan fingerprint density at radius 3 is 2.27 bits per heavy atom. The second kappa shape index (κ2) is 5.98. The third-order valence-corrected chi connectivity index (χ3v) is 2.79. The van der Waals surface area contributed by atoms with Crippen LogP contribution in [0.3, 0.4) is 0 Å². The largest absolute Gasteiger partial charge is 0.499 e. The minimum atomic E-state index is -0.454. The van der Waals surface area contributed by atoms with Crippen LogP contribution in [-0.2, 0) is 4.74 Å². The maximum atomic E-state index is 9.76. The van der Waals surface area contributed by atoms with Gasteiger partial charge in [-0.2, -0.15) is 0 Å². The third-order valence-electron chi connectivity index (χ3n) is 2.79. The Morgan fingerprint density at radius 2 is 2.00 bits per heavy atom. The second-order valence-electron chi connectivity index (χ2n) is 4.13. The fraction of sp³-hybridized carbons (Fsp3) is 0.818. The van der Waals surface area contributed by atoms with Crippen molar-refractivity contribution in [3.8, 4) is 0 Å². The molecular formula is C11H24N2O2. The van der Waals surface area contributed by atoms with Crippen molar-refractivity contribution in [1.82, 2.24) is 10.9 Å². The SMILES string of the molecule is CC/C(OC)=C(/NNC)C(C)(C)C(C)O. The molecule has 0 aromatic carbocycles. The summed E-state index contributed by atoms with van der Waals surface area (Å²) in [5, 5.41) is 9.76. The van der Waals surface area contributed by atoms with E-state index in [1.165, 1.54) is 0 Å². The number of allylic oxidation sites excluding steroid dienone is 1. The number of ether oxygens (including phenoxy) is 1. The predicted molar refractivity (Wildman–Crippen MR) is 62.0 cm³/mol. The first-order valence-corrected chi connectivity index (χ1v) is 5.30. The smallest absolute Gasteiger partial charge is 0.116 e. The van der Waals surface area contributed by atoms with Gasteiger partial charge < -0.3 is 15.3 Å². The van der Waals surface area contributed by atoms with Crippen LogP contribution in [0, 0.1) is 5.41 Å². The van der Waals surface area contributed by atoms with Crippen molar-refractivity contribution in [2.45, 2.75) is 40.2 Å². The molecule has 0 spiro atoms. The van der Waals surface area contributed by atoms with Crippen LogP contribution in [-0.4, -0.2) is 25.4 Å². The molecule has 15 heavy (non-hydrogen) atoms. The van der Waals surface area contributed by atoms with Crippen molar-refractivity contribution in [3.05, 3.63) is 11.5 Å². The van der Waals surface area contributed by atoms with Gasteiger partial charge in [-0.15, -0.1) is 0 Å². The number of aliphatic hydroxyl groups excluding tert-OH is 1. The highest BCUT2D eigenvalue weighted by atomic mass is 16.5. The minimum absolute atomic E-state index is 0.371. The number of nitrogens with one attached hydrogen (secondary N) is 2. The molecule has 1 atom stereocenters. The quantitative estimate of drug-likeness (QED) is 0.464. The predicted octanol–water partition coefficient (Wildman–Crippen LogP) is 1.39. The molecule has 0 bridgehead atoms. The Balaban J connectivity index is 5.19. The van der Waals surface area contributed by atoms with E-state index in [9.17, 15) is 5.11 Å². The van der Waals surface area contributed by atoms with Crippen LogP contribution in [0.15, 0.2) is 11.5 Å². The topological polar surface area (TPSA) is 53.5 Å². The number of aliphatic hydroxyl groups is 1. The van der Waals surface area contributed by atoms with E-state index in [1.54, 1.807) is 21.1 Å². The summed E-state index contributed by atoms with van der Waals surface area (Å²) in [7, 11) is 3.44. The van der Waals surface area contributed by atoms with Crippen LogP contribution in [0.5, 0.6) is 0 Å². The van der Waals surface area contributed by atoms with Crippen molar-refractivity contribution in [2.24, 2.45) is 5.41 Å². The molecule has 4 heteroatoms. The fourth-order valence-corrected chi connectivity index (χ4v) is 1.35. The molecule has 4 nitrogen and oxygen atoms in total. The van der Waals surface area contributed by atoms with Gasteiger partial charge >= 0.3 is 0 Å². The van der Waals surface area contributed by atoms with Gasteiger partial charge in [0, 0.05) is 18.9 Å². The van der Waals surface area contributed by atoms with Crippen molar-refractivity contribution in [3.63, 3.8) is 0 Å². The summed E-state index contributed by atoms with van der Waals surface area (Å²) in [6.45, 7) is 7.76. The Kier molecular flexibility index (Phi) is 5.68. The van der Waals surface area contributed by atoms with E-state index in [2.05, 4.69) is 10.9 Å². The zero-order valence-electron chi connectivity index (χ0n) is 10.6. The Labute approximate surface area is 92.7 Å². The van der Waals surface area contributed by atoms with Crippen LogP contribution in [0.1, 0.15) is 34.1 Å². The molecule has 0 aromatic rings. The molecule has 0 heterocycles. The van der Waals surface area contributed by atoms with Crippen LogP contribution >= 0.6 is 0 Å². The maximum Gasteiger partial charge on any atom is 0.116 e. The van der Waals surface area contributed by atoms with Gasteiger partial charge in [0.25, 0.3) is 0 Å². The molecule has 0 aliphatic heterocycles. The van der Waals surface area contributed by atoms with Crippen LogP contribution in [0.4, 0.5) is 0 Å². The summed E-state index contributed by atoms with van der Waals surface area (Å²) in [5.41, 5.74) is 6.45. The first-order chi connectivity index (χ1) is 6.91. The normalized spacial score (nSPS) is 15.7. The van der Waals surface area contributed by atoms with Crippen molar-refractivity contribution >= 4 is 0 Å². The van der Waals surface area contributed by atoms with E-state index in [1.807, 2.05) is 20.8 Å². The van der Waals surface area contributed by atoms with E-state index in [0.717, 1.165) is 17.9 Å². The monoisotopic (exact) mass is 216 g/mol. The molecule has 0 aromatic heterocycles. The van der Waals surface area contributed by atoms with E-state index in [4.69, 9.17) is 4.74 Å². The molecule has 90 valence electrons. The Morgan fingerprint density at radius 1 is 1.47 bits per heavy atom. The molecule has 0 rings (SSSR count). The molecule has 0 aliphatic carbocycles. The molecule has 0 saturated carbocycles. The van der Waals surface area contributed by atoms with Gasteiger partial charge in [0.2, 0.25) is 0 Å². The lowest BCUT2D eigenvalue weighted by molar-refractivity contribution is 0.0795. The number of hydrazine groups is 1. The summed E-state index contributed by atoms with van der Waals surface area (Å²) in [6.07, 6.45) is 0.335. The molecular weight excluding hydrogens is 192 g/mol. The molecule has 3 N–H and O–H groups in total. The van der Waals surface area contributed by atoms with Gasteiger partial charge in [-0.05, 0) is 6.92 Å². The van der Waals surface area contributed by atoms with Gasteiger partial charge in [-0.3, -0.25) is 0 Å². The minimum Gasteiger partial charge on any atom is -0.499 e. The standard InChI is InChI=1S/C11H24N2O2/c1-7-9(15-6)10(13-12-5)11(3,4)8(2)14/h8,12-14H,7H2,1-6H3/b10-9-. The number of rotatable bonds is 6. The summed E-state index contributed by atoms with van der Waals surface area (Å²) in [4.78, 5) is 0. The highest BCUT2D eigenvalue weighted by Crippen LogP contribution is 2.31. The lowest BCUT2D eigenvalue weighted by Crippen LogP contribution is -2.41. The van der Waals surface area contributed by atoms with Crippen LogP contribution in [0.25, 0.3) is 0 Å². The number of hydrogen-bond donors (Lipinski definition) is 3. The van der Waals surface area contributed by atoms with Gasteiger partial charge in [0.15, 0.2) is 0 Å². The Hall–Kier alpha value is -0.740. The molecule has 0 fully saturated rings. The Bertz CT molecular complexity index is 217. The number of hydrogen-bond acceptors (Lipinski definition) is 4. The summed E-state index contributed by atoms with van der Waals surface area (Å²) in [5.74, 6) is 0.857. The second-order valence-corrected chi connectivity index (χ2v) is 4.13. The first-order valence-electron chi connectivity index (χ1n) is 5.30. The van der Waals surface area contributed by atoms with Crippen molar-refractivity contribution < 1.29 is 9.84 Å². The van der Waals surface area contributed by atoms with Gasteiger partial charge in [0.1, 0.15) is 5.76 Å². The number of methoxy groups -OCH3 is 1. The fourth-order valence-electron chi connectivity index (χ4n) is 1.35. The average Bonchev–Trinajstić information content (AvgIpc) is 2.18. The summed E-state index contributed by atoms with van der Waals surface area (Å²) >= 11 is 0. The van der Waals surface area contributed by atoms with E-state index in [-0.39, 0.29) is 5.41 Å². The van der Waals surface area contributed by atoms with Gasteiger partial charge in [0.05, 0.1) is 18.9 Å². The zero-order chi connectivity index (χ0) is 12.1. The van der Waals surface area contributed by atoms with Crippen molar-refractivity contribution in [1.29, 1.82) is 0 Å². The molecule has 0 aliphatic rings. The summed E-state index contributed by atoms with van der Waals surface area (Å²) < 4.78 is 5.32. The van der Waals surface area contributed by atoms with E-state index in [0.29, 0.717) is 0 Å². The van der Waals surface area contributed by atoms with E-state index < -0.39 is 6.10 Å². The molecule has 0 amide bonds. The highest BCUT2D eigenvalue weighted by Gasteiger charge is 2.31. The lowest BCUT2D eigenvalue weighted by atomic mass is 9.83. The zero-order valence-corrected chi connectivity index (χ0v) is 10.6. The molecule has 1 unspecified atom stereocenters. The lowest BCUT2D eigenvalue weighted by Gasteiger charge is -2.33.